The lowest BCUT2D eigenvalue weighted by Gasteiger charge is -2.25. The highest BCUT2D eigenvalue weighted by molar-refractivity contribution is 7.17. The van der Waals surface area contributed by atoms with Gasteiger partial charge in [-0.05, 0) is 30.7 Å². The molecule has 0 bridgehead atoms. The maximum Gasteiger partial charge on any atom is 0.312 e. The Hall–Kier alpha value is -1.39. The molecule has 1 unspecified atom stereocenters. The summed E-state index contributed by atoms with van der Waals surface area (Å²) >= 11 is 1.52. The van der Waals surface area contributed by atoms with Crippen LogP contribution in [-0.4, -0.2) is 16.2 Å². The number of hydrogen-bond donors (Lipinski definition) is 2. The van der Waals surface area contributed by atoms with Crippen LogP contribution in [0.3, 0.4) is 0 Å². The van der Waals surface area contributed by atoms with Gasteiger partial charge in [0.1, 0.15) is 0 Å². The van der Waals surface area contributed by atoms with Crippen LogP contribution in [0.15, 0.2) is 29.6 Å². The lowest BCUT2D eigenvalue weighted by molar-refractivity contribution is -0.153. The summed E-state index contributed by atoms with van der Waals surface area (Å²) in [6.07, 6.45) is -1.00. The van der Waals surface area contributed by atoms with E-state index < -0.39 is 17.5 Å². The minimum atomic E-state index is -1.19. The number of carboxylic acids is 1. The van der Waals surface area contributed by atoms with Crippen molar-refractivity contribution in [1.29, 1.82) is 0 Å². The van der Waals surface area contributed by atoms with Crippen LogP contribution in [0.4, 0.5) is 0 Å². The molecule has 0 aliphatic carbocycles. The molecule has 1 atom stereocenters. The fourth-order valence-electron chi connectivity index (χ4n) is 1.72. The molecule has 4 heteroatoms. The zero-order valence-corrected chi connectivity index (χ0v) is 10.5. The van der Waals surface area contributed by atoms with Crippen molar-refractivity contribution in [2.75, 3.05) is 0 Å². The molecule has 0 radical (unpaired) electrons. The maximum atomic E-state index is 11.1. The van der Waals surface area contributed by atoms with Crippen LogP contribution in [-0.2, 0) is 4.79 Å². The number of fused-ring (bicyclic) bond motifs is 1. The van der Waals surface area contributed by atoms with E-state index in [0.717, 1.165) is 10.1 Å². The fraction of sp³-hybridized carbons (Fsp3) is 0.308. The summed E-state index contributed by atoms with van der Waals surface area (Å²) in [5.74, 6) is -1.000. The monoisotopic (exact) mass is 250 g/mol. The van der Waals surface area contributed by atoms with Gasteiger partial charge in [-0.1, -0.05) is 18.2 Å². The standard InChI is InChI=1S/C13H14O3S/c1-13(2,12(15)16)11(14)9-7-17-10-6-4-3-5-8(9)10/h3-7,11,14H,1-2H3,(H,15,16). The molecule has 0 saturated heterocycles. The molecule has 0 saturated carbocycles. The van der Waals surface area contributed by atoms with Gasteiger partial charge in [0, 0.05) is 10.3 Å². The molecule has 1 heterocycles. The van der Waals surface area contributed by atoms with Gasteiger partial charge in [-0.15, -0.1) is 11.3 Å². The van der Waals surface area contributed by atoms with Gasteiger partial charge in [-0.2, -0.15) is 0 Å². The molecule has 17 heavy (non-hydrogen) atoms. The lowest BCUT2D eigenvalue weighted by Crippen LogP contribution is -2.31. The number of carbonyl (C=O) groups is 1. The van der Waals surface area contributed by atoms with Crippen LogP contribution >= 0.6 is 11.3 Å². The molecular formula is C13H14O3S. The van der Waals surface area contributed by atoms with Crippen molar-refractivity contribution in [2.45, 2.75) is 20.0 Å². The molecule has 2 N–H and O–H groups in total. The van der Waals surface area contributed by atoms with Gasteiger partial charge in [-0.3, -0.25) is 4.79 Å². The van der Waals surface area contributed by atoms with Crippen LogP contribution in [0, 0.1) is 5.41 Å². The molecule has 0 aliphatic heterocycles. The van der Waals surface area contributed by atoms with Crippen molar-refractivity contribution in [1.82, 2.24) is 0 Å². The quantitative estimate of drug-likeness (QED) is 0.880. The first-order chi connectivity index (χ1) is 7.94. The fourth-order valence-corrected chi connectivity index (χ4v) is 2.70. The average molecular weight is 250 g/mol. The second kappa shape index (κ2) is 4.13. The van der Waals surface area contributed by atoms with Crippen molar-refractivity contribution in [3.05, 3.63) is 35.2 Å². The number of benzene rings is 1. The summed E-state index contributed by atoms with van der Waals surface area (Å²) in [5.41, 5.74) is -0.498. The third-order valence-corrected chi connectivity index (χ3v) is 4.02. The van der Waals surface area contributed by atoms with Crippen LogP contribution in [0.1, 0.15) is 25.5 Å². The van der Waals surface area contributed by atoms with Crippen molar-refractivity contribution in [3.63, 3.8) is 0 Å². The molecule has 0 fully saturated rings. The van der Waals surface area contributed by atoms with Gasteiger partial charge in [0.15, 0.2) is 0 Å². The minimum Gasteiger partial charge on any atom is -0.481 e. The number of thiophene rings is 1. The largest absolute Gasteiger partial charge is 0.481 e. The van der Waals surface area contributed by atoms with Gasteiger partial charge in [0.05, 0.1) is 11.5 Å². The van der Waals surface area contributed by atoms with E-state index in [1.807, 2.05) is 29.6 Å². The third-order valence-electron chi connectivity index (χ3n) is 3.04. The summed E-state index contributed by atoms with van der Waals surface area (Å²) in [5, 5.41) is 22.1. The number of aliphatic hydroxyl groups excluding tert-OH is 1. The number of hydrogen-bond acceptors (Lipinski definition) is 3. The van der Waals surface area contributed by atoms with Crippen LogP contribution in [0.25, 0.3) is 10.1 Å². The average Bonchev–Trinajstić information content (AvgIpc) is 2.71. The van der Waals surface area contributed by atoms with Gasteiger partial charge >= 0.3 is 5.97 Å². The number of aliphatic hydroxyl groups is 1. The molecule has 1 aromatic heterocycles. The Kier molecular flexibility index (Phi) is 2.93. The van der Waals surface area contributed by atoms with Crippen molar-refractivity contribution in [3.8, 4) is 0 Å². The molecule has 1 aromatic carbocycles. The predicted octanol–water partition coefficient (Wildman–Crippen LogP) is 3.05. The Morgan fingerprint density at radius 2 is 2.00 bits per heavy atom. The van der Waals surface area contributed by atoms with E-state index in [9.17, 15) is 9.90 Å². The summed E-state index contributed by atoms with van der Waals surface area (Å²) in [6.45, 7) is 3.07. The van der Waals surface area contributed by atoms with E-state index in [2.05, 4.69) is 0 Å². The normalized spacial score (nSPS) is 13.8. The summed E-state index contributed by atoms with van der Waals surface area (Å²) < 4.78 is 1.06. The highest BCUT2D eigenvalue weighted by Gasteiger charge is 2.37. The van der Waals surface area contributed by atoms with E-state index in [4.69, 9.17) is 5.11 Å². The van der Waals surface area contributed by atoms with Crippen LogP contribution in [0.5, 0.6) is 0 Å². The van der Waals surface area contributed by atoms with Gasteiger partial charge < -0.3 is 10.2 Å². The summed E-state index contributed by atoms with van der Waals surface area (Å²) in [4.78, 5) is 11.1. The minimum absolute atomic E-state index is 0.693. The summed E-state index contributed by atoms with van der Waals surface area (Å²) in [7, 11) is 0. The highest BCUT2D eigenvalue weighted by atomic mass is 32.1. The second-order valence-electron chi connectivity index (χ2n) is 4.62. The van der Waals surface area contributed by atoms with Gasteiger partial charge in [0.25, 0.3) is 0 Å². The van der Waals surface area contributed by atoms with E-state index in [-0.39, 0.29) is 0 Å². The van der Waals surface area contributed by atoms with E-state index >= 15 is 0 Å². The third kappa shape index (κ3) is 1.94. The van der Waals surface area contributed by atoms with Gasteiger partial charge in [-0.25, -0.2) is 0 Å². The Balaban J connectivity index is 2.50. The first-order valence-electron chi connectivity index (χ1n) is 5.32. The first kappa shape index (κ1) is 12.1. The predicted molar refractivity (Wildman–Crippen MR) is 68.2 cm³/mol. The van der Waals surface area contributed by atoms with E-state index in [1.54, 1.807) is 0 Å². The smallest absolute Gasteiger partial charge is 0.312 e. The second-order valence-corrected chi connectivity index (χ2v) is 5.53. The maximum absolute atomic E-state index is 11.1. The Bertz CT molecular complexity index is 557. The Morgan fingerprint density at radius 1 is 1.35 bits per heavy atom. The zero-order chi connectivity index (χ0) is 12.6. The molecule has 0 aliphatic rings. The molecule has 2 rings (SSSR count). The summed E-state index contributed by atoms with van der Waals surface area (Å²) in [6, 6.07) is 7.68. The number of rotatable bonds is 3. The topological polar surface area (TPSA) is 57.5 Å². The Labute approximate surface area is 103 Å². The van der Waals surface area contributed by atoms with Crippen molar-refractivity contribution < 1.29 is 15.0 Å². The van der Waals surface area contributed by atoms with Crippen LogP contribution in [0.2, 0.25) is 0 Å². The van der Waals surface area contributed by atoms with E-state index in [0.29, 0.717) is 5.56 Å². The molecule has 0 spiro atoms. The highest BCUT2D eigenvalue weighted by Crippen LogP contribution is 2.39. The molecular weight excluding hydrogens is 236 g/mol. The number of carboxylic acid groups (broad SMARTS) is 1. The van der Waals surface area contributed by atoms with Crippen molar-refractivity contribution in [2.24, 2.45) is 5.41 Å². The van der Waals surface area contributed by atoms with Crippen molar-refractivity contribution >= 4 is 27.4 Å². The van der Waals surface area contributed by atoms with Gasteiger partial charge in [0.2, 0.25) is 0 Å². The molecule has 2 aromatic rings. The lowest BCUT2D eigenvalue weighted by atomic mass is 9.83. The molecule has 0 amide bonds. The Morgan fingerprint density at radius 3 is 2.65 bits per heavy atom. The SMILES string of the molecule is CC(C)(C(=O)O)C(O)c1csc2ccccc12. The first-order valence-corrected chi connectivity index (χ1v) is 6.20. The number of aliphatic carboxylic acids is 1. The van der Waals surface area contributed by atoms with Crippen LogP contribution < -0.4 is 0 Å². The van der Waals surface area contributed by atoms with E-state index in [1.165, 1.54) is 25.2 Å². The zero-order valence-electron chi connectivity index (χ0n) is 9.68. The molecule has 3 nitrogen and oxygen atoms in total. The molecule has 90 valence electrons.